The van der Waals surface area contributed by atoms with E-state index in [0.717, 1.165) is 11.4 Å². The second kappa shape index (κ2) is 6.10. The molecule has 0 aromatic heterocycles. The van der Waals surface area contributed by atoms with Crippen molar-refractivity contribution in [2.75, 3.05) is 24.4 Å². The highest BCUT2D eigenvalue weighted by molar-refractivity contribution is 6.29. The summed E-state index contributed by atoms with van der Waals surface area (Å²) in [5, 5.41) is 0. The second-order valence-corrected chi connectivity index (χ2v) is 5.64. The molecule has 1 rings (SSSR count). The van der Waals surface area contributed by atoms with Crippen LogP contribution in [0.1, 0.15) is 20.8 Å². The lowest BCUT2D eigenvalue weighted by Gasteiger charge is -2.29. The van der Waals surface area contributed by atoms with Crippen LogP contribution in [0, 0.1) is 5.41 Å². The summed E-state index contributed by atoms with van der Waals surface area (Å²) in [4.78, 5) is 13.6. The first kappa shape index (κ1) is 14.8. The average molecular weight is 270 g/mol. The molecule has 0 aliphatic heterocycles. The van der Waals surface area contributed by atoms with Crippen LogP contribution < -0.4 is 9.64 Å². The maximum atomic E-state index is 11.9. The van der Waals surface area contributed by atoms with Crippen LogP contribution in [-0.4, -0.2) is 25.4 Å². The molecule has 0 radical (unpaired) electrons. The number of rotatable bonds is 4. The first-order chi connectivity index (χ1) is 8.37. The minimum absolute atomic E-state index is 0.0118. The Kier molecular flexibility index (Phi) is 5.03. The third kappa shape index (κ3) is 4.22. The fraction of sp³-hybridized carbons (Fsp3) is 0.500. The Bertz CT molecular complexity index is 395. The van der Waals surface area contributed by atoms with Gasteiger partial charge in [-0.25, -0.2) is 0 Å². The minimum atomic E-state index is -0.0863. The van der Waals surface area contributed by atoms with Crippen LogP contribution in [0.3, 0.4) is 0 Å². The van der Waals surface area contributed by atoms with Gasteiger partial charge in [-0.1, -0.05) is 20.8 Å². The Labute approximate surface area is 114 Å². The van der Waals surface area contributed by atoms with Gasteiger partial charge in [0.2, 0.25) is 5.91 Å². The van der Waals surface area contributed by atoms with E-state index in [4.69, 9.17) is 16.3 Å². The summed E-state index contributed by atoms with van der Waals surface area (Å²) in [5.41, 5.74) is 0.859. The standard InChI is InChI=1S/C14H20ClNO2/c1-14(2,3)10-16(13(17)9-15)11-5-7-12(18-4)8-6-11/h5-8H,9-10H2,1-4H3. The SMILES string of the molecule is COc1ccc(N(CC(C)(C)C)C(=O)CCl)cc1. The molecule has 100 valence electrons. The molecule has 1 aromatic rings. The lowest BCUT2D eigenvalue weighted by Crippen LogP contribution is -2.38. The topological polar surface area (TPSA) is 29.5 Å². The van der Waals surface area contributed by atoms with Gasteiger partial charge in [-0.15, -0.1) is 11.6 Å². The van der Waals surface area contributed by atoms with E-state index >= 15 is 0 Å². The van der Waals surface area contributed by atoms with Crippen molar-refractivity contribution in [2.24, 2.45) is 5.41 Å². The summed E-state index contributed by atoms with van der Waals surface area (Å²) in [5.74, 6) is 0.673. The van der Waals surface area contributed by atoms with Gasteiger partial charge in [0.15, 0.2) is 0 Å². The lowest BCUT2D eigenvalue weighted by molar-refractivity contribution is -0.116. The average Bonchev–Trinajstić information content (AvgIpc) is 2.34. The summed E-state index contributed by atoms with van der Waals surface area (Å²) < 4.78 is 5.11. The molecule has 0 bridgehead atoms. The van der Waals surface area contributed by atoms with E-state index in [0.29, 0.717) is 6.54 Å². The largest absolute Gasteiger partial charge is 0.497 e. The fourth-order valence-electron chi connectivity index (χ4n) is 1.63. The molecule has 0 N–H and O–H groups in total. The molecule has 18 heavy (non-hydrogen) atoms. The maximum absolute atomic E-state index is 11.9. The Morgan fingerprint density at radius 3 is 2.22 bits per heavy atom. The van der Waals surface area contributed by atoms with Gasteiger partial charge in [0, 0.05) is 12.2 Å². The number of hydrogen-bond acceptors (Lipinski definition) is 2. The van der Waals surface area contributed by atoms with Gasteiger partial charge in [0.25, 0.3) is 0 Å². The highest BCUT2D eigenvalue weighted by Gasteiger charge is 2.21. The van der Waals surface area contributed by atoms with Crippen LogP contribution in [-0.2, 0) is 4.79 Å². The summed E-state index contributed by atoms with van der Waals surface area (Å²) in [7, 11) is 1.62. The molecule has 0 aliphatic carbocycles. The summed E-state index contributed by atoms with van der Waals surface area (Å²) >= 11 is 5.67. The Morgan fingerprint density at radius 1 is 1.28 bits per heavy atom. The zero-order valence-electron chi connectivity index (χ0n) is 11.4. The number of benzene rings is 1. The summed E-state index contributed by atoms with van der Waals surface area (Å²) in [6.45, 7) is 6.89. The highest BCUT2D eigenvalue weighted by Crippen LogP contribution is 2.24. The number of carbonyl (C=O) groups is 1. The smallest absolute Gasteiger partial charge is 0.241 e. The van der Waals surface area contributed by atoms with Gasteiger partial charge in [0.1, 0.15) is 11.6 Å². The second-order valence-electron chi connectivity index (χ2n) is 5.37. The van der Waals surface area contributed by atoms with Gasteiger partial charge in [-0.2, -0.15) is 0 Å². The molecule has 4 heteroatoms. The van der Waals surface area contributed by atoms with Crippen molar-refractivity contribution in [3.8, 4) is 5.75 Å². The van der Waals surface area contributed by atoms with Crippen molar-refractivity contribution in [1.82, 2.24) is 0 Å². The molecule has 0 saturated heterocycles. The van der Waals surface area contributed by atoms with Gasteiger partial charge in [0.05, 0.1) is 7.11 Å². The van der Waals surface area contributed by atoms with E-state index in [1.165, 1.54) is 0 Å². The van der Waals surface area contributed by atoms with Crippen molar-refractivity contribution < 1.29 is 9.53 Å². The zero-order valence-corrected chi connectivity index (χ0v) is 12.1. The van der Waals surface area contributed by atoms with Crippen LogP contribution in [0.4, 0.5) is 5.69 Å². The number of ether oxygens (including phenoxy) is 1. The molecule has 0 unspecified atom stereocenters. The molecular formula is C14H20ClNO2. The van der Waals surface area contributed by atoms with E-state index in [1.54, 1.807) is 12.0 Å². The van der Waals surface area contributed by atoms with Crippen molar-refractivity contribution in [3.05, 3.63) is 24.3 Å². The van der Waals surface area contributed by atoms with Gasteiger partial charge in [-0.05, 0) is 29.7 Å². The predicted octanol–water partition coefficient (Wildman–Crippen LogP) is 3.31. The zero-order chi connectivity index (χ0) is 13.8. The number of anilines is 1. The molecule has 0 spiro atoms. The third-order valence-corrected chi connectivity index (χ3v) is 2.66. The number of methoxy groups -OCH3 is 1. The fourth-order valence-corrected chi connectivity index (χ4v) is 1.78. The van der Waals surface area contributed by atoms with E-state index in [-0.39, 0.29) is 17.2 Å². The molecule has 1 aromatic carbocycles. The Morgan fingerprint density at radius 2 is 1.83 bits per heavy atom. The molecule has 0 saturated carbocycles. The number of alkyl halides is 1. The normalized spacial score (nSPS) is 11.2. The molecule has 0 fully saturated rings. The van der Waals surface area contributed by atoms with Gasteiger partial charge in [-0.3, -0.25) is 4.79 Å². The monoisotopic (exact) mass is 269 g/mol. The highest BCUT2D eigenvalue weighted by atomic mass is 35.5. The number of nitrogens with zero attached hydrogens (tertiary/aromatic N) is 1. The Hall–Kier alpha value is -1.22. The van der Waals surface area contributed by atoms with Crippen LogP contribution in [0.5, 0.6) is 5.75 Å². The minimum Gasteiger partial charge on any atom is -0.497 e. The molecule has 0 heterocycles. The van der Waals surface area contributed by atoms with Crippen molar-refractivity contribution in [1.29, 1.82) is 0 Å². The predicted molar refractivity (Wildman–Crippen MR) is 75.5 cm³/mol. The van der Waals surface area contributed by atoms with E-state index in [1.807, 2.05) is 24.3 Å². The molecule has 3 nitrogen and oxygen atoms in total. The van der Waals surface area contributed by atoms with Crippen molar-refractivity contribution >= 4 is 23.2 Å². The van der Waals surface area contributed by atoms with Crippen LogP contribution in [0.2, 0.25) is 0 Å². The summed E-state index contributed by atoms with van der Waals surface area (Å²) in [6, 6.07) is 7.42. The summed E-state index contributed by atoms with van der Waals surface area (Å²) in [6.07, 6.45) is 0. The quantitative estimate of drug-likeness (QED) is 0.785. The number of halogens is 1. The van der Waals surface area contributed by atoms with Gasteiger partial charge >= 0.3 is 0 Å². The molecule has 0 aliphatic rings. The Balaban J connectivity index is 2.97. The molecular weight excluding hydrogens is 250 g/mol. The van der Waals surface area contributed by atoms with Crippen LogP contribution in [0.25, 0.3) is 0 Å². The third-order valence-electron chi connectivity index (χ3n) is 2.43. The molecule has 0 atom stereocenters. The lowest BCUT2D eigenvalue weighted by atomic mass is 9.95. The number of hydrogen-bond donors (Lipinski definition) is 0. The van der Waals surface area contributed by atoms with Gasteiger partial charge < -0.3 is 9.64 Å². The van der Waals surface area contributed by atoms with E-state index < -0.39 is 0 Å². The van der Waals surface area contributed by atoms with Crippen LogP contribution >= 0.6 is 11.6 Å². The van der Waals surface area contributed by atoms with Crippen molar-refractivity contribution in [3.63, 3.8) is 0 Å². The van der Waals surface area contributed by atoms with Crippen LogP contribution in [0.15, 0.2) is 24.3 Å². The number of carbonyl (C=O) groups excluding carboxylic acids is 1. The van der Waals surface area contributed by atoms with Crippen molar-refractivity contribution in [2.45, 2.75) is 20.8 Å². The maximum Gasteiger partial charge on any atom is 0.241 e. The first-order valence-electron chi connectivity index (χ1n) is 5.88. The van der Waals surface area contributed by atoms with E-state index in [2.05, 4.69) is 20.8 Å². The van der Waals surface area contributed by atoms with E-state index in [9.17, 15) is 4.79 Å². The first-order valence-corrected chi connectivity index (χ1v) is 6.41. The molecule has 1 amide bonds. The number of amides is 1.